The molecule has 5 rings (SSSR count). The van der Waals surface area contributed by atoms with Gasteiger partial charge in [-0.15, -0.1) is 11.3 Å². The second-order valence-electron chi connectivity index (χ2n) is 7.19. The van der Waals surface area contributed by atoms with E-state index in [4.69, 9.17) is 23.2 Å². The normalized spacial score (nSPS) is 14.4. The molecule has 4 aromatic rings. The third-order valence-electron chi connectivity index (χ3n) is 5.19. The minimum Gasteiger partial charge on any atom is -0.321 e. The van der Waals surface area contributed by atoms with Gasteiger partial charge in [-0.2, -0.15) is 0 Å². The van der Waals surface area contributed by atoms with Crippen LogP contribution in [-0.4, -0.2) is 21.8 Å². The van der Waals surface area contributed by atoms with Crippen LogP contribution >= 0.6 is 45.9 Å². The molecule has 2 amide bonds. The van der Waals surface area contributed by atoms with Gasteiger partial charge in [0.25, 0.3) is 5.91 Å². The van der Waals surface area contributed by atoms with Crippen LogP contribution in [0.1, 0.15) is 28.9 Å². The first-order valence-corrected chi connectivity index (χ1v) is 11.8. The number of fused-ring (bicyclic) bond motifs is 1. The van der Waals surface area contributed by atoms with Crippen LogP contribution < -0.4 is 10.6 Å². The van der Waals surface area contributed by atoms with Gasteiger partial charge >= 0.3 is 0 Å². The number of aromatic nitrogens is 2. The van der Waals surface area contributed by atoms with Gasteiger partial charge in [0.2, 0.25) is 5.91 Å². The van der Waals surface area contributed by atoms with E-state index in [1.807, 2.05) is 18.2 Å². The van der Waals surface area contributed by atoms with E-state index in [0.29, 0.717) is 26.6 Å². The lowest BCUT2D eigenvalue weighted by molar-refractivity contribution is -0.118. The van der Waals surface area contributed by atoms with E-state index >= 15 is 0 Å². The Morgan fingerprint density at radius 2 is 1.87 bits per heavy atom. The maximum atomic E-state index is 13.0. The molecule has 0 atom stereocenters. The summed E-state index contributed by atoms with van der Waals surface area (Å²) >= 11 is 14.9. The SMILES string of the molecule is O=C(Nc1ccc2nc(NC(=O)C3(c4ccc(Cl)c(Cl)c4)CC3)sc2c1)c1cscn1. The highest BCUT2D eigenvalue weighted by Gasteiger charge is 2.51. The van der Waals surface area contributed by atoms with Crippen molar-refractivity contribution in [2.45, 2.75) is 18.3 Å². The number of thiazole rings is 2. The zero-order valence-electron chi connectivity index (χ0n) is 15.8. The second kappa shape index (κ2) is 7.87. The lowest BCUT2D eigenvalue weighted by Crippen LogP contribution is -2.27. The number of amides is 2. The fraction of sp³-hybridized carbons (Fsp3) is 0.143. The summed E-state index contributed by atoms with van der Waals surface area (Å²) in [5, 5.41) is 8.87. The Morgan fingerprint density at radius 3 is 2.58 bits per heavy atom. The molecule has 1 aliphatic carbocycles. The molecular formula is C21H14Cl2N4O2S2. The highest BCUT2D eigenvalue weighted by atomic mass is 35.5. The van der Waals surface area contributed by atoms with Crippen LogP contribution in [0.4, 0.5) is 10.8 Å². The summed E-state index contributed by atoms with van der Waals surface area (Å²) in [4.78, 5) is 33.8. The molecule has 2 aromatic carbocycles. The monoisotopic (exact) mass is 488 g/mol. The van der Waals surface area contributed by atoms with Gasteiger partial charge in [0.15, 0.2) is 5.13 Å². The molecule has 1 aliphatic rings. The maximum absolute atomic E-state index is 13.0. The van der Waals surface area contributed by atoms with Crippen LogP contribution in [-0.2, 0) is 10.2 Å². The lowest BCUT2D eigenvalue weighted by atomic mass is 9.95. The number of benzene rings is 2. The van der Waals surface area contributed by atoms with Gasteiger partial charge < -0.3 is 10.6 Å². The molecule has 2 heterocycles. The summed E-state index contributed by atoms with van der Waals surface area (Å²) in [6, 6.07) is 10.7. The van der Waals surface area contributed by atoms with Crippen LogP contribution in [0.2, 0.25) is 10.0 Å². The molecule has 0 saturated heterocycles. The highest BCUT2D eigenvalue weighted by molar-refractivity contribution is 7.22. The Kier molecular flexibility index (Phi) is 5.18. The number of rotatable bonds is 5. The molecule has 156 valence electrons. The fourth-order valence-electron chi connectivity index (χ4n) is 3.36. The molecule has 0 aliphatic heterocycles. The minimum atomic E-state index is -0.598. The molecule has 10 heteroatoms. The average molecular weight is 489 g/mol. The van der Waals surface area contributed by atoms with Crippen molar-refractivity contribution < 1.29 is 9.59 Å². The highest BCUT2D eigenvalue weighted by Crippen LogP contribution is 2.50. The van der Waals surface area contributed by atoms with Gasteiger partial charge in [0.1, 0.15) is 5.69 Å². The molecule has 1 saturated carbocycles. The molecular weight excluding hydrogens is 475 g/mol. The summed E-state index contributed by atoms with van der Waals surface area (Å²) in [6.07, 6.45) is 1.49. The number of carbonyl (C=O) groups is 2. The van der Waals surface area contributed by atoms with Gasteiger partial charge in [0, 0.05) is 11.1 Å². The summed E-state index contributed by atoms with van der Waals surface area (Å²) in [7, 11) is 0. The van der Waals surface area contributed by atoms with Crippen molar-refractivity contribution in [3.05, 3.63) is 68.6 Å². The van der Waals surface area contributed by atoms with Gasteiger partial charge in [-0.25, -0.2) is 9.97 Å². The molecule has 2 aromatic heterocycles. The minimum absolute atomic E-state index is 0.109. The van der Waals surface area contributed by atoms with Crippen molar-refractivity contribution in [1.82, 2.24) is 9.97 Å². The van der Waals surface area contributed by atoms with Crippen LogP contribution in [0.25, 0.3) is 10.2 Å². The molecule has 2 N–H and O–H groups in total. The molecule has 0 spiro atoms. The summed E-state index contributed by atoms with van der Waals surface area (Å²) < 4.78 is 0.853. The number of hydrogen-bond donors (Lipinski definition) is 2. The van der Waals surface area contributed by atoms with Crippen LogP contribution in [0.5, 0.6) is 0 Å². The van der Waals surface area contributed by atoms with E-state index in [0.717, 1.165) is 28.6 Å². The third kappa shape index (κ3) is 3.92. The Morgan fingerprint density at radius 1 is 1.03 bits per heavy atom. The number of carbonyl (C=O) groups excluding carboxylic acids is 2. The van der Waals surface area contributed by atoms with Crippen LogP contribution in [0.15, 0.2) is 47.3 Å². The third-order valence-corrected chi connectivity index (χ3v) is 7.45. The molecule has 0 bridgehead atoms. The number of anilines is 2. The van der Waals surface area contributed by atoms with E-state index in [2.05, 4.69) is 20.6 Å². The second-order valence-corrected chi connectivity index (χ2v) is 9.76. The Labute approximate surface area is 195 Å². The largest absolute Gasteiger partial charge is 0.321 e. The van der Waals surface area contributed by atoms with Crippen molar-refractivity contribution in [3.8, 4) is 0 Å². The van der Waals surface area contributed by atoms with Crippen molar-refractivity contribution in [1.29, 1.82) is 0 Å². The molecule has 6 nitrogen and oxygen atoms in total. The molecule has 0 radical (unpaired) electrons. The smallest absolute Gasteiger partial charge is 0.275 e. The quantitative estimate of drug-likeness (QED) is 0.361. The zero-order valence-corrected chi connectivity index (χ0v) is 19.0. The number of hydrogen-bond acceptors (Lipinski definition) is 6. The molecule has 1 fully saturated rings. The predicted molar refractivity (Wildman–Crippen MR) is 126 cm³/mol. The van der Waals surface area contributed by atoms with Crippen molar-refractivity contribution in [2.75, 3.05) is 10.6 Å². The first kappa shape index (κ1) is 20.4. The molecule has 31 heavy (non-hydrogen) atoms. The standard InChI is InChI=1S/C21H14Cl2N4O2S2/c22-13-3-1-11(7-14(13)23)21(5-6-21)19(29)27-20-26-15-4-2-12(8-17(15)31-20)25-18(28)16-9-30-10-24-16/h1-4,7-10H,5-6H2,(H,25,28)(H,26,27,29). The van der Waals surface area contributed by atoms with E-state index in [1.165, 1.54) is 22.7 Å². The fourth-order valence-corrected chi connectivity index (χ4v) is 5.09. The van der Waals surface area contributed by atoms with Crippen molar-refractivity contribution in [2.24, 2.45) is 0 Å². The topological polar surface area (TPSA) is 84.0 Å². The number of nitrogens with zero attached hydrogens (tertiary/aromatic N) is 2. The zero-order chi connectivity index (χ0) is 21.6. The number of nitrogens with one attached hydrogen (secondary N) is 2. The Hall–Kier alpha value is -2.52. The van der Waals surface area contributed by atoms with Gasteiger partial charge in [-0.3, -0.25) is 9.59 Å². The van der Waals surface area contributed by atoms with E-state index < -0.39 is 5.41 Å². The summed E-state index contributed by atoms with van der Waals surface area (Å²) in [5.41, 5.74) is 3.62. The van der Waals surface area contributed by atoms with Gasteiger partial charge in [0.05, 0.1) is 31.2 Å². The van der Waals surface area contributed by atoms with Crippen LogP contribution in [0.3, 0.4) is 0 Å². The first-order chi connectivity index (χ1) is 14.9. The maximum Gasteiger partial charge on any atom is 0.275 e. The lowest BCUT2D eigenvalue weighted by Gasteiger charge is -2.15. The van der Waals surface area contributed by atoms with Crippen LogP contribution in [0, 0.1) is 0 Å². The van der Waals surface area contributed by atoms with Crippen molar-refractivity contribution in [3.63, 3.8) is 0 Å². The van der Waals surface area contributed by atoms with Crippen molar-refractivity contribution >= 4 is 78.7 Å². The number of halogens is 2. The summed E-state index contributed by atoms with van der Waals surface area (Å²) in [5.74, 6) is -0.377. The summed E-state index contributed by atoms with van der Waals surface area (Å²) in [6.45, 7) is 0. The molecule has 0 unspecified atom stereocenters. The van der Waals surface area contributed by atoms with E-state index in [1.54, 1.807) is 29.1 Å². The Balaban J connectivity index is 1.34. The first-order valence-electron chi connectivity index (χ1n) is 9.32. The average Bonchev–Trinajstić information content (AvgIpc) is 3.18. The van der Waals surface area contributed by atoms with E-state index in [9.17, 15) is 9.59 Å². The Bertz CT molecular complexity index is 1320. The van der Waals surface area contributed by atoms with Gasteiger partial charge in [-0.05, 0) is 48.7 Å². The predicted octanol–water partition coefficient (Wildman–Crippen LogP) is 5.98. The van der Waals surface area contributed by atoms with Gasteiger partial charge in [-0.1, -0.05) is 40.6 Å². The van der Waals surface area contributed by atoms with E-state index in [-0.39, 0.29) is 11.8 Å².